The van der Waals surface area contributed by atoms with E-state index in [1.807, 2.05) is 54.6 Å². The van der Waals surface area contributed by atoms with Crippen molar-refractivity contribution in [3.8, 4) is 0 Å². The molecule has 0 saturated heterocycles. The summed E-state index contributed by atoms with van der Waals surface area (Å²) in [5.41, 5.74) is 1.65. The van der Waals surface area contributed by atoms with E-state index in [-0.39, 0.29) is 11.4 Å². The summed E-state index contributed by atoms with van der Waals surface area (Å²) in [7, 11) is -1.14. The van der Waals surface area contributed by atoms with Crippen LogP contribution < -0.4 is 0 Å². The lowest BCUT2D eigenvalue weighted by atomic mass is 9.80. The Labute approximate surface area is 160 Å². The Kier molecular flexibility index (Phi) is 5.78. The van der Waals surface area contributed by atoms with E-state index < -0.39 is 19.5 Å². The van der Waals surface area contributed by atoms with Crippen LogP contribution in [0.1, 0.15) is 23.0 Å². The monoisotopic (exact) mass is 436 g/mol. The Hall–Kier alpha value is -1.72. The number of allylic oxidation sites excluding steroid dienone is 1. The molecular formula is C19H18BrO5P. The predicted molar refractivity (Wildman–Crippen MR) is 102 cm³/mol. The standard InChI is InChI=1S/C19H18BrO5P/c1-23-26(22,24-2)17-12-16(13-6-4-3-5-7-13)18(19(21)25-17)14-8-10-15(20)11-9-14/h3-12,16,18H,1-2H3/t16-,18-/m0/s1. The SMILES string of the molecule is COP(=O)(OC)C1=C[C@@H](c2ccccc2)[C@H](c2ccc(Br)cc2)C(=O)O1. The highest BCUT2D eigenvalue weighted by Crippen LogP contribution is 2.58. The number of hydrogen-bond donors (Lipinski definition) is 0. The van der Waals surface area contributed by atoms with E-state index in [1.54, 1.807) is 6.08 Å². The van der Waals surface area contributed by atoms with Gasteiger partial charge in [-0.25, -0.2) is 0 Å². The Morgan fingerprint density at radius 3 is 2.15 bits per heavy atom. The lowest BCUT2D eigenvalue weighted by molar-refractivity contribution is -0.142. The molecule has 0 bridgehead atoms. The van der Waals surface area contributed by atoms with Crippen molar-refractivity contribution in [3.63, 3.8) is 0 Å². The van der Waals surface area contributed by atoms with Crippen LogP contribution in [-0.4, -0.2) is 20.2 Å². The third-order valence-electron chi connectivity index (χ3n) is 4.30. The molecule has 26 heavy (non-hydrogen) atoms. The number of benzene rings is 2. The van der Waals surface area contributed by atoms with Gasteiger partial charge in [0.2, 0.25) is 5.50 Å². The van der Waals surface area contributed by atoms with E-state index in [0.29, 0.717) is 0 Å². The Morgan fingerprint density at radius 2 is 1.58 bits per heavy atom. The fraction of sp³-hybridized carbons (Fsp3) is 0.211. The van der Waals surface area contributed by atoms with Crippen LogP contribution in [-0.2, 0) is 23.1 Å². The van der Waals surface area contributed by atoms with Crippen molar-refractivity contribution in [1.82, 2.24) is 0 Å². The van der Waals surface area contributed by atoms with E-state index in [4.69, 9.17) is 13.8 Å². The summed E-state index contributed by atoms with van der Waals surface area (Å²) in [6, 6.07) is 17.0. The molecule has 1 heterocycles. The van der Waals surface area contributed by atoms with E-state index >= 15 is 0 Å². The van der Waals surface area contributed by atoms with E-state index in [9.17, 15) is 9.36 Å². The molecule has 0 unspecified atom stereocenters. The summed E-state index contributed by atoms with van der Waals surface area (Å²) in [6.07, 6.45) is 1.66. The first-order valence-corrected chi connectivity index (χ1v) is 10.3. The van der Waals surface area contributed by atoms with Gasteiger partial charge in [0.05, 0.1) is 5.92 Å². The van der Waals surface area contributed by atoms with E-state index in [1.165, 1.54) is 14.2 Å². The Balaban J connectivity index is 2.12. The van der Waals surface area contributed by atoms with Gasteiger partial charge >= 0.3 is 13.6 Å². The molecule has 0 aromatic heterocycles. The zero-order valence-electron chi connectivity index (χ0n) is 14.3. The maximum Gasteiger partial charge on any atom is 0.395 e. The highest BCUT2D eigenvalue weighted by Gasteiger charge is 2.42. The molecule has 136 valence electrons. The van der Waals surface area contributed by atoms with E-state index in [0.717, 1.165) is 15.6 Å². The summed E-state index contributed by atoms with van der Waals surface area (Å²) < 4.78 is 29.0. The first-order chi connectivity index (χ1) is 12.5. The molecule has 0 amide bonds. The van der Waals surface area contributed by atoms with Crippen molar-refractivity contribution in [1.29, 1.82) is 0 Å². The largest absolute Gasteiger partial charge is 0.418 e. The van der Waals surface area contributed by atoms with Crippen LogP contribution >= 0.6 is 23.5 Å². The van der Waals surface area contributed by atoms with Gasteiger partial charge in [0.1, 0.15) is 0 Å². The predicted octanol–water partition coefficient (Wildman–Crippen LogP) is 5.20. The molecule has 1 aliphatic heterocycles. The van der Waals surface area contributed by atoms with Gasteiger partial charge in [-0.1, -0.05) is 58.4 Å². The summed E-state index contributed by atoms with van der Waals surface area (Å²) in [6.45, 7) is 0. The first-order valence-electron chi connectivity index (χ1n) is 7.94. The fourth-order valence-electron chi connectivity index (χ4n) is 2.98. The number of halogens is 1. The third kappa shape index (κ3) is 3.69. The van der Waals surface area contributed by atoms with E-state index in [2.05, 4.69) is 15.9 Å². The molecule has 2 atom stereocenters. The summed E-state index contributed by atoms with van der Waals surface area (Å²) in [5, 5.41) is 0. The second-order valence-electron chi connectivity index (χ2n) is 5.75. The highest BCUT2D eigenvalue weighted by molar-refractivity contribution is 9.10. The Morgan fingerprint density at radius 1 is 0.962 bits per heavy atom. The summed E-state index contributed by atoms with van der Waals surface area (Å²) >= 11 is 3.40. The molecular weight excluding hydrogens is 419 g/mol. The number of cyclic esters (lactones) is 1. The average Bonchev–Trinajstić information content (AvgIpc) is 2.68. The molecule has 0 spiro atoms. The van der Waals surface area contributed by atoms with Gasteiger partial charge in [0, 0.05) is 24.6 Å². The molecule has 3 rings (SSSR count). The lowest BCUT2D eigenvalue weighted by Crippen LogP contribution is -2.26. The molecule has 1 aliphatic rings. The lowest BCUT2D eigenvalue weighted by Gasteiger charge is -2.30. The zero-order chi connectivity index (χ0) is 18.7. The van der Waals surface area contributed by atoms with Gasteiger partial charge < -0.3 is 13.8 Å². The van der Waals surface area contributed by atoms with Crippen LogP contribution in [0.4, 0.5) is 0 Å². The topological polar surface area (TPSA) is 61.8 Å². The van der Waals surface area contributed by atoms with Crippen LogP contribution in [0.25, 0.3) is 0 Å². The molecule has 0 aliphatic carbocycles. The van der Waals surface area contributed by atoms with Crippen molar-refractivity contribution in [2.75, 3.05) is 14.2 Å². The van der Waals surface area contributed by atoms with Crippen molar-refractivity contribution in [2.24, 2.45) is 0 Å². The number of esters is 1. The minimum atomic E-state index is -3.67. The van der Waals surface area contributed by atoms with Crippen LogP contribution in [0.15, 0.2) is 70.6 Å². The smallest absolute Gasteiger partial charge is 0.395 e. The average molecular weight is 437 g/mol. The molecule has 2 aromatic rings. The van der Waals surface area contributed by atoms with Crippen molar-refractivity contribution in [3.05, 3.63) is 81.8 Å². The summed E-state index contributed by atoms with van der Waals surface area (Å²) in [4.78, 5) is 12.8. The maximum absolute atomic E-state index is 12.8. The number of ether oxygens (including phenoxy) is 1. The van der Waals surface area contributed by atoms with Crippen LogP contribution in [0, 0.1) is 0 Å². The quantitative estimate of drug-likeness (QED) is 0.476. The maximum atomic E-state index is 12.8. The van der Waals surface area contributed by atoms with Gasteiger partial charge in [-0.2, -0.15) is 0 Å². The minimum Gasteiger partial charge on any atom is -0.418 e. The Bertz CT molecular complexity index is 855. The second-order valence-corrected chi connectivity index (χ2v) is 8.84. The molecule has 2 aromatic carbocycles. The van der Waals surface area contributed by atoms with Crippen molar-refractivity contribution < 1.29 is 23.1 Å². The second kappa shape index (κ2) is 7.89. The van der Waals surface area contributed by atoms with Crippen molar-refractivity contribution >= 4 is 29.5 Å². The molecule has 0 fully saturated rings. The molecule has 7 heteroatoms. The highest BCUT2D eigenvalue weighted by atomic mass is 79.9. The normalized spacial score (nSPS) is 20.4. The summed E-state index contributed by atoms with van der Waals surface area (Å²) in [5.74, 6) is -1.41. The zero-order valence-corrected chi connectivity index (χ0v) is 16.8. The fourth-order valence-corrected chi connectivity index (χ4v) is 4.29. The molecule has 0 saturated carbocycles. The van der Waals surface area contributed by atoms with Gasteiger partial charge in [-0.05, 0) is 29.3 Å². The van der Waals surface area contributed by atoms with Gasteiger partial charge in [0.15, 0.2) is 0 Å². The number of hydrogen-bond acceptors (Lipinski definition) is 5. The van der Waals surface area contributed by atoms with Gasteiger partial charge in [-0.15, -0.1) is 0 Å². The third-order valence-corrected chi connectivity index (χ3v) is 6.57. The molecule has 0 N–H and O–H groups in total. The van der Waals surface area contributed by atoms with Crippen molar-refractivity contribution in [2.45, 2.75) is 11.8 Å². The van der Waals surface area contributed by atoms with Crippen LogP contribution in [0.5, 0.6) is 0 Å². The molecule has 5 nitrogen and oxygen atoms in total. The van der Waals surface area contributed by atoms with Gasteiger partial charge in [0.25, 0.3) is 0 Å². The first kappa shape index (κ1) is 19.1. The minimum absolute atomic E-state index is 0.0743. The van der Waals surface area contributed by atoms with Crippen LogP contribution in [0.2, 0.25) is 0 Å². The number of carbonyl (C=O) groups is 1. The molecule has 0 radical (unpaired) electrons. The number of carbonyl (C=O) groups excluding carboxylic acids is 1. The van der Waals surface area contributed by atoms with Gasteiger partial charge in [-0.3, -0.25) is 9.36 Å². The van der Waals surface area contributed by atoms with Crippen LogP contribution in [0.3, 0.4) is 0 Å². The number of rotatable bonds is 5.